The van der Waals surface area contributed by atoms with Crippen LogP contribution in [0.15, 0.2) is 0 Å². The zero-order valence-corrected chi connectivity index (χ0v) is 27.1. The van der Waals surface area contributed by atoms with Crippen LogP contribution in [0.25, 0.3) is 0 Å². The predicted molar refractivity (Wildman–Crippen MR) is 154 cm³/mol. The minimum absolute atomic E-state index is 0.414. The summed E-state index contributed by atoms with van der Waals surface area (Å²) in [5.74, 6) is -0.532. The number of rotatable bonds is 12. The van der Waals surface area contributed by atoms with E-state index in [-0.39, 0.29) is 0 Å². The number of ether oxygens (including phenoxy) is 6. The number of nitrogens with two attached hydrogens (primary N) is 2. The van der Waals surface area contributed by atoms with Gasteiger partial charge in [-0.05, 0) is 26.2 Å². The average Bonchev–Trinajstić information content (AvgIpc) is 2.95. The molecular formula is C26H51N3O15S. The zero-order valence-electron chi connectivity index (χ0n) is 26.2. The second-order valence-corrected chi connectivity index (χ2v) is 14.0. The molecule has 3 saturated heterocycles. The minimum atomic E-state index is -1.55. The molecule has 0 aromatic heterocycles. The monoisotopic (exact) mass is 677 g/mol. The molecule has 0 saturated carbocycles. The summed E-state index contributed by atoms with van der Waals surface area (Å²) in [5.41, 5.74) is 11.4. The molecule has 15 unspecified atom stereocenters. The Kier molecular flexibility index (Phi) is 14.2. The number of nitrogens with one attached hydrogen (secondary N) is 1. The molecule has 0 spiro atoms. The summed E-state index contributed by atoms with van der Waals surface area (Å²) in [5, 5.41) is 75.9. The summed E-state index contributed by atoms with van der Waals surface area (Å²) in [6, 6.07) is -3.50. The highest BCUT2D eigenvalue weighted by atomic mass is 32.2. The molecule has 15 atom stereocenters. The van der Waals surface area contributed by atoms with Crippen LogP contribution in [0.1, 0.15) is 41.5 Å². The largest absolute Gasteiger partial charge is 0.394 e. The maximum absolute atomic E-state index is 11.3. The van der Waals surface area contributed by atoms with Gasteiger partial charge in [0.15, 0.2) is 18.9 Å². The molecule has 0 aromatic carbocycles. The van der Waals surface area contributed by atoms with Crippen LogP contribution in [0.3, 0.4) is 0 Å². The second kappa shape index (κ2) is 16.4. The van der Waals surface area contributed by atoms with E-state index in [1.54, 1.807) is 20.8 Å². The topological polar surface area (TPSA) is 280 Å². The van der Waals surface area contributed by atoms with Gasteiger partial charge >= 0.3 is 0 Å². The van der Waals surface area contributed by atoms with Crippen molar-refractivity contribution in [3.05, 3.63) is 0 Å². The van der Waals surface area contributed by atoms with E-state index in [4.69, 9.17) is 45.1 Å². The number of aliphatic hydroxyl groups excluding tert-OH is 6. The third-order valence-corrected chi connectivity index (χ3v) is 8.52. The standard InChI is InChI=1S/C26H51N3O15S/c1-25(2,3)13-10(7-30)37-22(14(27)17(13)33)40-20-11(8-31)38-23(15(28)18(20)34)41-21-12(9-32)39-24(42-26(4,5)6)16(19(21)35)29-45-44-43-36/h10-24,29-36H,7-9,27-28H2,1-6H3. The Morgan fingerprint density at radius 3 is 1.64 bits per heavy atom. The van der Waals surface area contributed by atoms with Gasteiger partial charge in [-0.3, -0.25) is 0 Å². The lowest BCUT2D eigenvalue weighted by molar-refractivity contribution is -0.432. The van der Waals surface area contributed by atoms with Crippen LogP contribution in [0, 0.1) is 11.3 Å². The van der Waals surface area contributed by atoms with E-state index in [9.17, 15) is 30.6 Å². The van der Waals surface area contributed by atoms with E-state index in [0.29, 0.717) is 12.2 Å². The first kappa shape index (κ1) is 39.1. The Morgan fingerprint density at radius 1 is 0.711 bits per heavy atom. The van der Waals surface area contributed by atoms with Gasteiger partial charge in [0.25, 0.3) is 0 Å². The van der Waals surface area contributed by atoms with E-state index >= 15 is 0 Å². The molecule has 3 rings (SSSR count). The van der Waals surface area contributed by atoms with Crippen LogP contribution in [-0.2, 0) is 37.8 Å². The van der Waals surface area contributed by atoms with E-state index in [1.165, 1.54) is 0 Å². The van der Waals surface area contributed by atoms with Crippen molar-refractivity contribution in [2.45, 2.75) is 133 Å². The van der Waals surface area contributed by atoms with E-state index in [1.807, 2.05) is 20.8 Å². The normalized spacial score (nSPS) is 43.4. The summed E-state index contributed by atoms with van der Waals surface area (Å²) in [7, 11) is 0. The molecule has 45 heavy (non-hydrogen) atoms. The second-order valence-electron chi connectivity index (χ2n) is 13.5. The molecule has 266 valence electrons. The maximum Gasteiger partial charge on any atom is 0.177 e. The van der Waals surface area contributed by atoms with Crippen molar-refractivity contribution in [1.29, 1.82) is 0 Å². The van der Waals surface area contributed by atoms with Gasteiger partial charge < -0.3 is 70.5 Å². The van der Waals surface area contributed by atoms with Crippen LogP contribution < -0.4 is 16.2 Å². The summed E-state index contributed by atoms with van der Waals surface area (Å²) in [6.45, 7) is 9.15. The van der Waals surface area contributed by atoms with Gasteiger partial charge in [0.1, 0.15) is 48.9 Å². The highest BCUT2D eigenvalue weighted by Crippen LogP contribution is 2.40. The van der Waals surface area contributed by atoms with Crippen molar-refractivity contribution in [2.24, 2.45) is 22.8 Å². The molecular weight excluding hydrogens is 626 g/mol. The lowest BCUT2D eigenvalue weighted by Gasteiger charge is -2.51. The smallest absolute Gasteiger partial charge is 0.177 e. The summed E-state index contributed by atoms with van der Waals surface area (Å²) < 4.78 is 42.5. The summed E-state index contributed by atoms with van der Waals surface area (Å²) in [4.78, 5) is 0. The van der Waals surface area contributed by atoms with Crippen molar-refractivity contribution < 1.29 is 73.7 Å². The van der Waals surface area contributed by atoms with Crippen molar-refractivity contribution in [3.8, 4) is 0 Å². The van der Waals surface area contributed by atoms with Crippen LogP contribution in [-0.4, -0.2) is 147 Å². The third-order valence-electron chi connectivity index (χ3n) is 8.02. The van der Waals surface area contributed by atoms with Gasteiger partial charge in [0, 0.05) is 5.92 Å². The minimum Gasteiger partial charge on any atom is -0.394 e. The molecule has 0 bridgehead atoms. The lowest BCUT2D eigenvalue weighted by atomic mass is 9.71. The Bertz CT molecular complexity index is 897. The van der Waals surface area contributed by atoms with Crippen LogP contribution in [0.2, 0.25) is 0 Å². The Labute approximate surface area is 266 Å². The van der Waals surface area contributed by atoms with Crippen molar-refractivity contribution in [3.63, 3.8) is 0 Å². The lowest BCUT2D eigenvalue weighted by Crippen LogP contribution is -2.69. The molecule has 3 heterocycles. The Balaban J connectivity index is 1.77. The molecule has 3 aliphatic rings. The average molecular weight is 678 g/mol. The van der Waals surface area contributed by atoms with E-state index in [0.717, 1.165) is 0 Å². The van der Waals surface area contributed by atoms with E-state index < -0.39 is 123 Å². The number of aliphatic hydroxyl groups is 6. The molecule has 0 aromatic rings. The van der Waals surface area contributed by atoms with Crippen molar-refractivity contribution >= 4 is 12.2 Å². The first-order chi connectivity index (χ1) is 21.0. The van der Waals surface area contributed by atoms with Gasteiger partial charge in [-0.1, -0.05) is 25.8 Å². The molecule has 0 aliphatic carbocycles. The number of hydrogen-bond acceptors (Lipinski definition) is 19. The highest BCUT2D eigenvalue weighted by Gasteiger charge is 2.54. The fourth-order valence-electron chi connectivity index (χ4n) is 5.91. The Morgan fingerprint density at radius 2 is 1.18 bits per heavy atom. The summed E-state index contributed by atoms with van der Waals surface area (Å²) in [6.07, 6.45) is -14.0. The SMILES string of the molecule is CC(C)(C)OC1OC(CO)C(OC2OC(CO)C(OC3OC(CO)C(C(C)(C)C)C(O)C3N)C(O)C2N)C(O)C1NSOOO. The zero-order chi connectivity index (χ0) is 33.9. The fraction of sp³-hybridized carbons (Fsp3) is 1.00. The molecule has 0 amide bonds. The van der Waals surface area contributed by atoms with Gasteiger partial charge in [0.05, 0.1) is 55.8 Å². The molecule has 0 radical (unpaired) electrons. The van der Waals surface area contributed by atoms with Gasteiger partial charge in [-0.15, -0.1) is 4.33 Å². The van der Waals surface area contributed by atoms with Gasteiger partial charge in [-0.2, -0.15) is 0 Å². The number of hydrogen-bond donors (Lipinski definition) is 10. The van der Waals surface area contributed by atoms with Crippen molar-refractivity contribution in [1.82, 2.24) is 4.72 Å². The first-order valence-corrected chi connectivity index (χ1v) is 15.5. The highest BCUT2D eigenvalue weighted by molar-refractivity contribution is 7.92. The van der Waals surface area contributed by atoms with Crippen LogP contribution in [0.4, 0.5) is 0 Å². The van der Waals surface area contributed by atoms with Crippen LogP contribution >= 0.6 is 12.2 Å². The Hall–Kier alpha value is -0.370. The third kappa shape index (κ3) is 9.41. The summed E-state index contributed by atoms with van der Waals surface area (Å²) >= 11 is 0.414. The quantitative estimate of drug-likeness (QED) is 0.0325. The molecule has 3 fully saturated rings. The molecule has 3 aliphatic heterocycles. The van der Waals surface area contributed by atoms with Gasteiger partial charge in [-0.25, -0.2) is 9.98 Å². The first-order valence-electron chi connectivity index (χ1n) is 14.7. The van der Waals surface area contributed by atoms with Crippen molar-refractivity contribution in [2.75, 3.05) is 19.8 Å². The van der Waals surface area contributed by atoms with Gasteiger partial charge in [0.2, 0.25) is 0 Å². The van der Waals surface area contributed by atoms with E-state index in [2.05, 4.69) is 14.1 Å². The van der Waals surface area contributed by atoms with Crippen LogP contribution in [0.5, 0.6) is 0 Å². The maximum atomic E-state index is 11.3. The molecule has 12 N–H and O–H groups in total. The fourth-order valence-corrected chi connectivity index (χ4v) is 6.34. The molecule has 19 heteroatoms. The predicted octanol–water partition coefficient (Wildman–Crippen LogP) is -2.93. The molecule has 18 nitrogen and oxygen atoms in total.